The van der Waals surface area contributed by atoms with Crippen molar-refractivity contribution in [2.24, 2.45) is 0 Å². The predicted molar refractivity (Wildman–Crippen MR) is 172 cm³/mol. The summed E-state index contributed by atoms with van der Waals surface area (Å²) in [5.41, 5.74) is 1.84. The average molecular weight is 756 g/mol. The van der Waals surface area contributed by atoms with Crippen molar-refractivity contribution in [2.75, 3.05) is 39.6 Å². The van der Waals surface area contributed by atoms with Crippen LogP contribution in [0.1, 0.15) is 99.1 Å². The molecule has 0 aliphatic carbocycles. The summed E-state index contributed by atoms with van der Waals surface area (Å²) < 4.78 is 18.5. The minimum atomic E-state index is -0.532. The zero-order valence-corrected chi connectivity index (χ0v) is 31.6. The topological polar surface area (TPSA) is 88.4 Å². The van der Waals surface area contributed by atoms with Gasteiger partial charge in [0.05, 0.1) is 0 Å². The van der Waals surface area contributed by atoms with Crippen LogP contribution < -0.4 is 0 Å². The molecule has 2 unspecified atom stereocenters. The third kappa shape index (κ3) is 18.0. The normalized spacial score (nSPS) is 12.7. The van der Waals surface area contributed by atoms with Gasteiger partial charge in [-0.05, 0) is 57.4 Å². The number of hydrogen-bond acceptors (Lipinski definition) is 6. The third-order valence-electron chi connectivity index (χ3n) is 6.28. The summed E-state index contributed by atoms with van der Waals surface area (Å²) in [5, 5.41) is 23.6. The van der Waals surface area contributed by atoms with Crippen LogP contribution in [0.15, 0.2) is 60.7 Å². The van der Waals surface area contributed by atoms with Crippen LogP contribution in [0.5, 0.6) is 0 Å². The van der Waals surface area contributed by atoms with E-state index in [2.05, 4.69) is 82.3 Å². The average Bonchev–Trinajstić information content (AvgIpc) is 3.01. The Labute approximate surface area is 277 Å². The van der Waals surface area contributed by atoms with Crippen LogP contribution >= 0.6 is 0 Å². The summed E-state index contributed by atoms with van der Waals surface area (Å²) in [6.07, 6.45) is 3.98. The first-order valence-electron chi connectivity index (χ1n) is 15.3. The van der Waals surface area contributed by atoms with Crippen molar-refractivity contribution in [3.05, 3.63) is 78.1 Å². The van der Waals surface area contributed by atoms with E-state index in [4.69, 9.17) is 29.5 Å². The SMILES string of the molecule is CCCO.CCCO.CCCO.CCO[C-](OCC)C(C)(c1ccccc1)C(CC(C)(C)c1ccccc1)OCC.[Hf]. The van der Waals surface area contributed by atoms with Gasteiger partial charge in [0.15, 0.2) is 0 Å². The fraction of sp³-hybridized carbons (Fsp3) is 0.629. The Balaban J connectivity index is -0.000000992. The number of aliphatic hydroxyl groups is 3. The van der Waals surface area contributed by atoms with Crippen LogP contribution in [0.3, 0.4) is 0 Å². The van der Waals surface area contributed by atoms with Crippen LogP contribution in [0.4, 0.5) is 0 Å². The fourth-order valence-corrected chi connectivity index (χ4v) is 3.92. The minimum Gasteiger partial charge on any atom is -0.521 e. The first kappa shape index (κ1) is 45.5. The molecular formula is C35H61HfO6-. The van der Waals surface area contributed by atoms with Crippen molar-refractivity contribution in [2.45, 2.75) is 105 Å². The third-order valence-corrected chi connectivity index (χ3v) is 6.28. The molecule has 6 nitrogen and oxygen atoms in total. The minimum absolute atomic E-state index is 0. The summed E-state index contributed by atoms with van der Waals surface area (Å²) in [6, 6.07) is 21.1. The predicted octanol–water partition coefficient (Wildman–Crippen LogP) is 7.44. The standard InChI is InChI=1S/C26H37O3.3C3H8O.Hf/c1-7-27-23(20-25(4,5)21-16-12-10-13-17-21)26(6,22-18-14-11-15-19-22)24(28-8-2)29-9-3;3*1-2-3-4;/h10-19,23H,7-9,20H2,1-6H3;3*4H,2-3H2,1H3;/q-1;;;;. The molecule has 2 atom stereocenters. The van der Waals surface area contributed by atoms with Gasteiger partial charge in [0.1, 0.15) is 0 Å². The van der Waals surface area contributed by atoms with Crippen LogP contribution in [-0.4, -0.2) is 61.1 Å². The molecule has 0 fully saturated rings. The van der Waals surface area contributed by atoms with Gasteiger partial charge < -0.3 is 29.5 Å². The molecule has 0 aliphatic rings. The van der Waals surface area contributed by atoms with Crippen molar-refractivity contribution in [1.29, 1.82) is 0 Å². The van der Waals surface area contributed by atoms with Gasteiger partial charge in [-0.25, -0.2) is 0 Å². The Kier molecular flexibility index (Phi) is 31.2. The Morgan fingerprint density at radius 2 is 0.976 bits per heavy atom. The maximum atomic E-state index is 7.88. The molecule has 0 radical (unpaired) electrons. The molecule has 7 heteroatoms. The van der Waals surface area contributed by atoms with Crippen LogP contribution in [0, 0.1) is 6.29 Å². The smallest absolute Gasteiger partial charge is 0.0446 e. The van der Waals surface area contributed by atoms with Crippen molar-refractivity contribution in [1.82, 2.24) is 0 Å². The summed E-state index contributed by atoms with van der Waals surface area (Å²) >= 11 is 0. The molecule has 242 valence electrons. The molecule has 0 saturated heterocycles. The van der Waals surface area contributed by atoms with E-state index in [-0.39, 0.29) is 37.4 Å². The molecule has 0 amide bonds. The summed E-state index contributed by atoms with van der Waals surface area (Å²) in [4.78, 5) is 0. The summed E-state index contributed by atoms with van der Waals surface area (Å²) in [7, 11) is 0. The number of benzene rings is 2. The zero-order valence-electron chi connectivity index (χ0n) is 28.0. The second-order valence-electron chi connectivity index (χ2n) is 10.3. The zero-order chi connectivity index (χ0) is 31.6. The molecule has 2 aromatic carbocycles. The molecule has 3 N–H and O–H groups in total. The number of hydrogen-bond donors (Lipinski definition) is 3. The van der Waals surface area contributed by atoms with Gasteiger partial charge in [0.2, 0.25) is 0 Å². The maximum Gasteiger partial charge on any atom is 0.0446 e. The second kappa shape index (κ2) is 28.8. The monoisotopic (exact) mass is 757 g/mol. The number of ether oxygens (including phenoxy) is 3. The van der Waals surface area contributed by atoms with Gasteiger partial charge in [0, 0.05) is 71.6 Å². The van der Waals surface area contributed by atoms with Gasteiger partial charge in [-0.2, -0.15) is 0 Å². The Morgan fingerprint density at radius 1 is 0.619 bits per heavy atom. The van der Waals surface area contributed by atoms with E-state index in [0.717, 1.165) is 31.2 Å². The molecule has 2 aromatic rings. The quantitative estimate of drug-likeness (QED) is 0.129. The van der Waals surface area contributed by atoms with Gasteiger partial charge in [-0.15, -0.1) is 0 Å². The Hall–Kier alpha value is -0.930. The van der Waals surface area contributed by atoms with Crippen molar-refractivity contribution in [3.8, 4) is 0 Å². The van der Waals surface area contributed by atoms with Crippen molar-refractivity contribution >= 4 is 0 Å². The molecular weight excluding hydrogens is 695 g/mol. The maximum absolute atomic E-state index is 7.88. The summed E-state index contributed by atoms with van der Waals surface area (Å²) in [6.45, 7) is 21.3. The number of aliphatic hydroxyl groups excluding tert-OH is 3. The van der Waals surface area contributed by atoms with E-state index in [0.29, 0.717) is 45.9 Å². The Bertz CT molecular complexity index is 784. The van der Waals surface area contributed by atoms with Gasteiger partial charge in [-0.1, -0.05) is 119 Å². The molecule has 2 rings (SSSR count). The molecule has 0 heterocycles. The first-order chi connectivity index (χ1) is 19.6. The molecule has 0 saturated carbocycles. The molecule has 0 spiro atoms. The van der Waals surface area contributed by atoms with Crippen molar-refractivity contribution < 1.29 is 55.4 Å². The van der Waals surface area contributed by atoms with Gasteiger partial charge in [0.25, 0.3) is 0 Å². The van der Waals surface area contributed by atoms with Gasteiger partial charge in [-0.3, -0.25) is 0 Å². The molecule has 42 heavy (non-hydrogen) atoms. The largest absolute Gasteiger partial charge is 0.521 e. The molecule has 0 aromatic heterocycles. The van der Waals surface area contributed by atoms with E-state index in [9.17, 15) is 0 Å². The van der Waals surface area contributed by atoms with E-state index in [1.165, 1.54) is 5.56 Å². The fourth-order valence-electron chi connectivity index (χ4n) is 3.92. The second-order valence-corrected chi connectivity index (χ2v) is 10.3. The van der Waals surface area contributed by atoms with Crippen LogP contribution in [0.2, 0.25) is 0 Å². The van der Waals surface area contributed by atoms with Crippen LogP contribution in [0.25, 0.3) is 0 Å². The van der Waals surface area contributed by atoms with E-state index < -0.39 is 5.41 Å². The van der Waals surface area contributed by atoms with E-state index >= 15 is 0 Å². The summed E-state index contributed by atoms with van der Waals surface area (Å²) in [5.74, 6) is 0. The molecule has 0 aliphatic heterocycles. The van der Waals surface area contributed by atoms with E-state index in [1.54, 1.807) is 0 Å². The molecule has 0 bridgehead atoms. The van der Waals surface area contributed by atoms with Crippen molar-refractivity contribution in [3.63, 3.8) is 0 Å². The number of rotatable bonds is 15. The first-order valence-corrected chi connectivity index (χ1v) is 15.3. The van der Waals surface area contributed by atoms with Crippen LogP contribution in [-0.2, 0) is 50.9 Å². The van der Waals surface area contributed by atoms with E-state index in [1.807, 2.05) is 40.7 Å². The Morgan fingerprint density at radius 3 is 1.29 bits per heavy atom. The van der Waals surface area contributed by atoms with Gasteiger partial charge >= 0.3 is 0 Å².